The molecule has 96 valence electrons. The molecule has 0 aliphatic carbocycles. The van der Waals surface area contributed by atoms with E-state index >= 15 is 0 Å². The highest BCUT2D eigenvalue weighted by atomic mass is 16.8. The largest absolute Gasteiger partial charge is 0.533 e. The van der Waals surface area contributed by atoms with Gasteiger partial charge in [-0.2, -0.15) is 0 Å². The van der Waals surface area contributed by atoms with Crippen molar-refractivity contribution in [1.82, 2.24) is 5.06 Å². The molecular formula is C14H17NO3. The molecule has 4 nitrogen and oxygen atoms in total. The predicted octanol–water partition coefficient (Wildman–Crippen LogP) is 3.34. The Morgan fingerprint density at radius 2 is 2.00 bits per heavy atom. The first-order chi connectivity index (χ1) is 8.44. The van der Waals surface area contributed by atoms with Gasteiger partial charge in [0.05, 0.1) is 6.54 Å². The number of hydroxylamine groups is 2. The number of benzene rings is 1. The summed E-state index contributed by atoms with van der Waals surface area (Å²) in [6, 6.07) is 7.97. The Hall–Kier alpha value is -1.97. The van der Waals surface area contributed by atoms with Crippen molar-refractivity contribution < 1.29 is 14.4 Å². The van der Waals surface area contributed by atoms with Crippen LogP contribution in [0.5, 0.6) is 0 Å². The topological polar surface area (TPSA) is 38.8 Å². The van der Waals surface area contributed by atoms with Crippen LogP contribution in [0.2, 0.25) is 0 Å². The zero-order chi connectivity index (χ0) is 13.2. The molecule has 1 heterocycles. The van der Waals surface area contributed by atoms with Gasteiger partial charge in [-0.15, -0.1) is 0 Å². The number of hydrogen-bond donors (Lipinski definition) is 0. The Morgan fingerprint density at radius 3 is 2.72 bits per heavy atom. The van der Waals surface area contributed by atoms with E-state index < -0.39 is 11.8 Å². The Morgan fingerprint density at radius 1 is 1.28 bits per heavy atom. The van der Waals surface area contributed by atoms with E-state index in [1.54, 1.807) is 27.0 Å². The van der Waals surface area contributed by atoms with Gasteiger partial charge in [-0.1, -0.05) is 24.3 Å². The molecule has 0 aromatic heterocycles. The summed E-state index contributed by atoms with van der Waals surface area (Å²) in [5.74, 6) is 0. The minimum absolute atomic E-state index is 0.534. The second-order valence-electron chi connectivity index (χ2n) is 5.15. The van der Waals surface area contributed by atoms with Crippen molar-refractivity contribution in [3.05, 3.63) is 41.6 Å². The van der Waals surface area contributed by atoms with Crippen molar-refractivity contribution in [2.75, 3.05) is 0 Å². The summed E-state index contributed by atoms with van der Waals surface area (Å²) in [4.78, 5) is 16.6. The molecule has 0 unspecified atom stereocenters. The molecule has 1 aliphatic heterocycles. The lowest BCUT2D eigenvalue weighted by molar-refractivity contribution is -0.118. The van der Waals surface area contributed by atoms with Crippen LogP contribution >= 0.6 is 0 Å². The minimum Gasteiger partial charge on any atom is -0.427 e. The van der Waals surface area contributed by atoms with Gasteiger partial charge < -0.3 is 9.57 Å². The maximum atomic E-state index is 11.5. The smallest absolute Gasteiger partial charge is 0.427 e. The summed E-state index contributed by atoms with van der Waals surface area (Å²) >= 11 is 0. The van der Waals surface area contributed by atoms with Crippen molar-refractivity contribution >= 4 is 12.2 Å². The number of rotatable bonds is 1. The van der Waals surface area contributed by atoms with Crippen LogP contribution in [0.4, 0.5) is 4.79 Å². The third kappa shape index (κ3) is 3.26. The van der Waals surface area contributed by atoms with E-state index in [0.717, 1.165) is 11.1 Å². The molecule has 0 N–H and O–H groups in total. The van der Waals surface area contributed by atoms with Crippen LogP contribution in [-0.2, 0) is 16.1 Å². The molecule has 0 bridgehead atoms. The first-order valence-electron chi connectivity index (χ1n) is 5.88. The lowest BCUT2D eigenvalue weighted by Gasteiger charge is -2.25. The van der Waals surface area contributed by atoms with Crippen molar-refractivity contribution in [3.8, 4) is 0 Å². The first-order valence-corrected chi connectivity index (χ1v) is 5.88. The average molecular weight is 247 g/mol. The normalized spacial score (nSPS) is 14.1. The number of carbonyl (C=O) groups is 1. The molecule has 1 aromatic rings. The third-order valence-electron chi connectivity index (χ3n) is 2.38. The van der Waals surface area contributed by atoms with Crippen molar-refractivity contribution in [2.45, 2.75) is 32.9 Å². The summed E-state index contributed by atoms with van der Waals surface area (Å²) in [5, 5.41) is 1.47. The van der Waals surface area contributed by atoms with Gasteiger partial charge in [0.25, 0.3) is 0 Å². The Bertz CT molecular complexity index is 474. The van der Waals surface area contributed by atoms with Crippen LogP contribution < -0.4 is 0 Å². The van der Waals surface area contributed by atoms with Crippen LogP contribution in [0, 0.1) is 0 Å². The molecule has 2 rings (SSSR count). The van der Waals surface area contributed by atoms with Crippen molar-refractivity contribution in [3.63, 3.8) is 0 Å². The van der Waals surface area contributed by atoms with Gasteiger partial charge >= 0.3 is 6.16 Å². The number of fused-ring (bicyclic) bond motifs is 1. The molecule has 1 aliphatic rings. The maximum absolute atomic E-state index is 11.5. The van der Waals surface area contributed by atoms with E-state index in [4.69, 9.17) is 9.57 Å². The summed E-state index contributed by atoms with van der Waals surface area (Å²) in [5.41, 5.74) is 1.71. The van der Waals surface area contributed by atoms with Crippen molar-refractivity contribution in [1.29, 1.82) is 0 Å². The Balaban J connectivity index is 1.96. The summed E-state index contributed by atoms with van der Waals surface area (Å²) < 4.78 is 5.09. The van der Waals surface area contributed by atoms with Crippen LogP contribution in [0.1, 0.15) is 31.9 Å². The lowest BCUT2D eigenvalue weighted by atomic mass is 10.1. The van der Waals surface area contributed by atoms with E-state index in [-0.39, 0.29) is 0 Å². The number of hydrogen-bond acceptors (Lipinski definition) is 4. The molecular weight excluding hydrogens is 230 g/mol. The lowest BCUT2D eigenvalue weighted by Crippen LogP contribution is -2.30. The van der Waals surface area contributed by atoms with E-state index in [2.05, 4.69) is 0 Å². The fraction of sp³-hybridized carbons (Fsp3) is 0.357. The SMILES string of the molecule is CC(C)(C)OC(=O)ON1C=Cc2ccccc2C1. The maximum Gasteiger partial charge on any atom is 0.533 e. The predicted molar refractivity (Wildman–Crippen MR) is 68.3 cm³/mol. The van der Waals surface area contributed by atoms with Crippen LogP contribution in [0.3, 0.4) is 0 Å². The molecule has 0 amide bonds. The molecule has 0 radical (unpaired) electrons. The zero-order valence-electron chi connectivity index (χ0n) is 10.8. The second-order valence-corrected chi connectivity index (χ2v) is 5.15. The second kappa shape index (κ2) is 4.72. The average Bonchev–Trinajstić information content (AvgIpc) is 2.26. The Kier molecular flexibility index (Phi) is 3.28. The van der Waals surface area contributed by atoms with Gasteiger partial charge in [0.2, 0.25) is 0 Å². The fourth-order valence-corrected chi connectivity index (χ4v) is 1.65. The minimum atomic E-state index is -0.688. The zero-order valence-corrected chi connectivity index (χ0v) is 10.8. The number of ether oxygens (including phenoxy) is 1. The van der Waals surface area contributed by atoms with Crippen LogP contribution in [-0.4, -0.2) is 16.8 Å². The molecule has 1 aromatic carbocycles. The van der Waals surface area contributed by atoms with E-state index in [0.29, 0.717) is 6.54 Å². The van der Waals surface area contributed by atoms with Crippen LogP contribution in [0.15, 0.2) is 30.5 Å². The van der Waals surface area contributed by atoms with Gasteiger partial charge in [-0.25, -0.2) is 9.86 Å². The molecule has 0 saturated carbocycles. The quantitative estimate of drug-likeness (QED) is 0.713. The van der Waals surface area contributed by atoms with Gasteiger partial charge in [0, 0.05) is 6.20 Å². The first kappa shape index (κ1) is 12.5. The molecule has 0 spiro atoms. The standard InChI is InChI=1S/C14H17NO3/c1-14(2,3)17-13(16)18-15-9-8-11-6-4-5-7-12(11)10-15/h4-9H,10H2,1-3H3. The number of nitrogens with zero attached hydrogens (tertiary/aromatic N) is 1. The van der Waals surface area contributed by atoms with Gasteiger partial charge in [0.15, 0.2) is 0 Å². The van der Waals surface area contributed by atoms with E-state index in [1.165, 1.54) is 5.06 Å². The summed E-state index contributed by atoms with van der Waals surface area (Å²) in [7, 11) is 0. The third-order valence-corrected chi connectivity index (χ3v) is 2.38. The van der Waals surface area contributed by atoms with E-state index in [9.17, 15) is 4.79 Å². The highest BCUT2D eigenvalue weighted by Gasteiger charge is 2.21. The fourth-order valence-electron chi connectivity index (χ4n) is 1.65. The summed E-state index contributed by atoms with van der Waals surface area (Å²) in [6.07, 6.45) is 2.95. The van der Waals surface area contributed by atoms with Gasteiger partial charge in [-0.05, 0) is 38.0 Å². The number of carbonyl (C=O) groups excluding carboxylic acids is 1. The van der Waals surface area contributed by atoms with Gasteiger partial charge in [-0.3, -0.25) is 0 Å². The van der Waals surface area contributed by atoms with E-state index in [1.807, 2.05) is 30.3 Å². The van der Waals surface area contributed by atoms with Crippen LogP contribution in [0.25, 0.3) is 6.08 Å². The highest BCUT2D eigenvalue weighted by Crippen LogP contribution is 2.20. The highest BCUT2D eigenvalue weighted by molar-refractivity contribution is 5.61. The summed E-state index contributed by atoms with van der Waals surface area (Å²) in [6.45, 7) is 5.94. The van der Waals surface area contributed by atoms with Gasteiger partial charge in [0.1, 0.15) is 5.60 Å². The molecule has 0 fully saturated rings. The monoisotopic (exact) mass is 247 g/mol. The molecule has 0 saturated heterocycles. The molecule has 18 heavy (non-hydrogen) atoms. The Labute approximate surface area is 107 Å². The molecule has 0 atom stereocenters. The van der Waals surface area contributed by atoms with Crippen molar-refractivity contribution in [2.24, 2.45) is 0 Å². The molecule has 4 heteroatoms.